The fourth-order valence-electron chi connectivity index (χ4n) is 5.34. The average Bonchev–Trinajstić information content (AvgIpc) is 3.27. The normalized spacial score (nSPS) is 20.6. The van der Waals surface area contributed by atoms with E-state index in [1.54, 1.807) is 26.6 Å². The van der Waals surface area contributed by atoms with Gasteiger partial charge in [0.05, 0.1) is 19.8 Å². The van der Waals surface area contributed by atoms with Gasteiger partial charge in [-0.2, -0.15) is 10.2 Å². The van der Waals surface area contributed by atoms with Gasteiger partial charge < -0.3 is 19.7 Å². The predicted octanol–water partition coefficient (Wildman–Crippen LogP) is 7.53. The largest absolute Gasteiger partial charge is 0.496 e. The van der Waals surface area contributed by atoms with Crippen LogP contribution in [0.25, 0.3) is 0 Å². The van der Waals surface area contributed by atoms with E-state index in [0.29, 0.717) is 24.5 Å². The predicted molar refractivity (Wildman–Crippen MR) is 171 cm³/mol. The molecule has 0 aromatic heterocycles. The summed E-state index contributed by atoms with van der Waals surface area (Å²) in [4.78, 5) is 15.3. The number of hydrogen-bond acceptors (Lipinski definition) is 6. The first kappa shape index (κ1) is 32.5. The molecule has 2 aliphatic carbocycles. The second-order valence-electron chi connectivity index (χ2n) is 11.5. The zero-order valence-electron chi connectivity index (χ0n) is 26.4. The Morgan fingerprint density at radius 2 is 1.85 bits per heavy atom. The van der Waals surface area contributed by atoms with Gasteiger partial charge >= 0.3 is 0 Å². The molecule has 5 rings (SSSR count). The van der Waals surface area contributed by atoms with Gasteiger partial charge in [0.2, 0.25) is 0 Å². The molecule has 0 unspecified atom stereocenters. The first-order valence-corrected chi connectivity index (χ1v) is 15.2. The van der Waals surface area contributed by atoms with Crippen molar-refractivity contribution in [2.45, 2.75) is 104 Å². The summed E-state index contributed by atoms with van der Waals surface area (Å²) in [6.07, 6.45) is 9.66. The zero-order valence-corrected chi connectivity index (χ0v) is 26.4. The molecule has 1 amide bonds. The Hall–Kier alpha value is -3.03. The van der Waals surface area contributed by atoms with Gasteiger partial charge in [0.25, 0.3) is 5.91 Å². The summed E-state index contributed by atoms with van der Waals surface area (Å²) in [5, 5.41) is 11.1. The summed E-state index contributed by atoms with van der Waals surface area (Å²) in [6, 6.07) is 12.6. The Kier molecular flexibility index (Phi) is 12.1. The van der Waals surface area contributed by atoms with Gasteiger partial charge in [0, 0.05) is 48.4 Å². The highest BCUT2D eigenvalue weighted by Gasteiger charge is 2.35. The lowest BCUT2D eigenvalue weighted by molar-refractivity contribution is 0.0258. The Bertz CT molecular complexity index is 1200. The molecule has 1 heterocycles. The smallest absolute Gasteiger partial charge is 0.259 e. The summed E-state index contributed by atoms with van der Waals surface area (Å²) >= 11 is 0. The highest BCUT2D eigenvalue weighted by molar-refractivity contribution is 6.10. The minimum absolute atomic E-state index is 0.0607. The fourth-order valence-corrected chi connectivity index (χ4v) is 5.34. The second kappa shape index (κ2) is 15.3. The molecular weight excluding hydrogens is 512 g/mol. The van der Waals surface area contributed by atoms with Gasteiger partial charge in [-0.1, -0.05) is 39.8 Å². The molecule has 224 valence electrons. The van der Waals surface area contributed by atoms with E-state index in [2.05, 4.69) is 60.6 Å². The first-order chi connectivity index (χ1) is 19.8. The van der Waals surface area contributed by atoms with Crippen molar-refractivity contribution >= 4 is 24.0 Å². The Labute approximate surface area is 247 Å². The SMILES string of the molecule is C/C=N\N=C/C(C)C.CC.COc1cc(CNC2(C)CCC2)cc2c1CN(c1cccc(C3CC(OC)C3)c1)C2=O. The molecule has 7 heteroatoms. The van der Waals surface area contributed by atoms with Gasteiger partial charge in [-0.05, 0) is 93.2 Å². The number of nitrogens with zero attached hydrogens (tertiary/aromatic N) is 3. The zero-order chi connectivity index (χ0) is 30.0. The molecule has 2 aromatic carbocycles. The van der Waals surface area contributed by atoms with Crippen LogP contribution in [-0.2, 0) is 17.8 Å². The third kappa shape index (κ3) is 8.26. The van der Waals surface area contributed by atoms with Crippen LogP contribution in [0.2, 0.25) is 0 Å². The molecule has 0 atom stereocenters. The summed E-state index contributed by atoms with van der Waals surface area (Å²) in [5.74, 6) is 1.89. The van der Waals surface area contributed by atoms with Crippen molar-refractivity contribution < 1.29 is 14.3 Å². The van der Waals surface area contributed by atoms with Crippen LogP contribution in [0.3, 0.4) is 0 Å². The minimum atomic E-state index is 0.0607. The number of anilines is 1. The Morgan fingerprint density at radius 1 is 1.12 bits per heavy atom. The van der Waals surface area contributed by atoms with Crippen LogP contribution in [0.5, 0.6) is 5.75 Å². The van der Waals surface area contributed by atoms with Crippen LogP contribution in [0, 0.1) is 5.92 Å². The van der Waals surface area contributed by atoms with Crippen molar-refractivity contribution in [3.8, 4) is 5.75 Å². The van der Waals surface area contributed by atoms with Crippen LogP contribution >= 0.6 is 0 Å². The Morgan fingerprint density at radius 3 is 2.44 bits per heavy atom. The summed E-state index contributed by atoms with van der Waals surface area (Å²) in [5.41, 5.74) is 5.34. The van der Waals surface area contributed by atoms with Crippen molar-refractivity contribution in [1.29, 1.82) is 0 Å². The molecule has 0 spiro atoms. The topological polar surface area (TPSA) is 75.5 Å². The third-order valence-corrected chi connectivity index (χ3v) is 8.09. The highest BCUT2D eigenvalue weighted by atomic mass is 16.5. The van der Waals surface area contributed by atoms with Gasteiger partial charge in [0.15, 0.2) is 0 Å². The molecule has 2 saturated carbocycles. The van der Waals surface area contributed by atoms with E-state index >= 15 is 0 Å². The van der Waals surface area contributed by atoms with Crippen LogP contribution in [0.15, 0.2) is 46.6 Å². The van der Waals surface area contributed by atoms with Gasteiger partial charge in [0.1, 0.15) is 5.75 Å². The van der Waals surface area contributed by atoms with Crippen molar-refractivity contribution in [1.82, 2.24) is 5.32 Å². The monoisotopic (exact) mass is 562 g/mol. The van der Waals surface area contributed by atoms with Gasteiger partial charge in [-0.15, -0.1) is 0 Å². The molecule has 0 radical (unpaired) electrons. The van der Waals surface area contributed by atoms with E-state index in [-0.39, 0.29) is 11.4 Å². The summed E-state index contributed by atoms with van der Waals surface area (Å²) in [6.45, 7) is 13.6. The quantitative estimate of drug-likeness (QED) is 0.253. The lowest BCUT2D eigenvalue weighted by atomic mass is 9.77. The van der Waals surface area contributed by atoms with Crippen LogP contribution < -0.4 is 15.0 Å². The number of ether oxygens (including phenoxy) is 2. The summed E-state index contributed by atoms with van der Waals surface area (Å²) in [7, 11) is 3.47. The summed E-state index contributed by atoms with van der Waals surface area (Å²) < 4.78 is 11.1. The number of hydrogen-bond donors (Lipinski definition) is 1. The second-order valence-corrected chi connectivity index (χ2v) is 11.5. The van der Waals surface area contributed by atoms with Crippen LogP contribution in [0.4, 0.5) is 5.69 Å². The molecule has 1 aliphatic heterocycles. The lowest BCUT2D eigenvalue weighted by Gasteiger charge is -2.39. The molecule has 2 fully saturated rings. The number of benzene rings is 2. The number of rotatable bonds is 9. The number of methoxy groups -OCH3 is 2. The number of amides is 1. The number of carbonyl (C=O) groups is 1. The molecule has 2 aromatic rings. The number of nitrogens with one attached hydrogen (secondary N) is 1. The molecule has 3 aliphatic rings. The average molecular weight is 563 g/mol. The molecule has 1 N–H and O–H groups in total. The van der Waals surface area contributed by atoms with Crippen molar-refractivity contribution in [3.05, 3.63) is 58.7 Å². The molecule has 0 saturated heterocycles. The van der Waals surface area contributed by atoms with Crippen molar-refractivity contribution in [2.24, 2.45) is 16.1 Å². The van der Waals surface area contributed by atoms with E-state index in [0.717, 1.165) is 47.5 Å². The van der Waals surface area contributed by atoms with E-state index in [9.17, 15) is 4.79 Å². The van der Waals surface area contributed by atoms with Gasteiger partial charge in [-0.3, -0.25) is 4.79 Å². The maximum absolute atomic E-state index is 13.4. The Balaban J connectivity index is 0.000000402. The van der Waals surface area contributed by atoms with Crippen LogP contribution in [-0.4, -0.2) is 44.2 Å². The maximum atomic E-state index is 13.4. The number of carbonyl (C=O) groups excluding carboxylic acids is 1. The standard InChI is InChI=1S/C26H32N2O3.C6H12N2.C2H6/c1-26(8-5-9-26)27-15-17-10-22-23(24(11-17)31-3)16-28(25(22)29)20-7-4-6-18(12-20)19-13-21(14-19)30-2;1-4-7-8-5-6(2)3;1-2/h4,6-7,10-12,19,21,27H,5,8-9,13-16H2,1-3H3;4-6H,1-3H3;1-2H3/b;7-4-,8-5-;. The van der Waals surface area contributed by atoms with E-state index in [1.165, 1.54) is 24.8 Å². The van der Waals surface area contributed by atoms with Crippen LogP contribution in [0.1, 0.15) is 107 Å². The molecular formula is C34H50N4O3. The number of fused-ring (bicyclic) bond motifs is 1. The van der Waals surface area contributed by atoms with E-state index < -0.39 is 0 Å². The fraction of sp³-hybridized carbons (Fsp3) is 0.559. The highest BCUT2D eigenvalue weighted by Crippen LogP contribution is 2.41. The maximum Gasteiger partial charge on any atom is 0.259 e. The molecule has 41 heavy (non-hydrogen) atoms. The van der Waals surface area contributed by atoms with E-state index in [4.69, 9.17) is 9.47 Å². The minimum Gasteiger partial charge on any atom is -0.496 e. The third-order valence-electron chi connectivity index (χ3n) is 8.09. The van der Waals surface area contributed by atoms with Crippen molar-refractivity contribution in [2.75, 3.05) is 19.1 Å². The van der Waals surface area contributed by atoms with Crippen molar-refractivity contribution in [3.63, 3.8) is 0 Å². The molecule has 0 bridgehead atoms. The lowest BCUT2D eigenvalue weighted by Crippen LogP contribution is -2.47. The molecule has 7 nitrogen and oxygen atoms in total. The van der Waals surface area contributed by atoms with Gasteiger partial charge in [-0.25, -0.2) is 0 Å². The van der Waals surface area contributed by atoms with E-state index in [1.807, 2.05) is 37.8 Å². The first-order valence-electron chi connectivity index (χ1n) is 15.2.